The summed E-state index contributed by atoms with van der Waals surface area (Å²) in [7, 11) is 0. The van der Waals surface area contributed by atoms with Gasteiger partial charge in [-0.3, -0.25) is 4.98 Å². The number of fused-ring (bicyclic) bond motifs is 6. The van der Waals surface area contributed by atoms with Gasteiger partial charge in [0, 0.05) is 28.9 Å². The number of pyridine rings is 1. The Labute approximate surface area is 301 Å². The average Bonchev–Trinajstić information content (AvgIpc) is 3.23. The molecule has 4 heteroatoms. The fraction of sp³-hybridized carbons (Fsp3) is 0.0208. The predicted molar refractivity (Wildman–Crippen MR) is 217 cm³/mol. The third-order valence-corrected chi connectivity index (χ3v) is 10.2. The van der Waals surface area contributed by atoms with Crippen LogP contribution in [-0.2, 0) is 0 Å². The van der Waals surface area contributed by atoms with Crippen LogP contribution in [0.15, 0.2) is 192 Å². The lowest BCUT2D eigenvalue weighted by Crippen LogP contribution is -2.36. The molecule has 8 aromatic carbocycles. The molecule has 0 spiro atoms. The maximum absolute atomic E-state index is 5.25. The molecule has 52 heavy (non-hydrogen) atoms. The van der Waals surface area contributed by atoms with Gasteiger partial charge in [-0.05, 0) is 83.7 Å². The molecule has 4 nitrogen and oxygen atoms in total. The smallest absolute Gasteiger partial charge is 0.169 e. The number of rotatable bonds is 5. The number of hydrogen-bond donors (Lipinski definition) is 1. The molecule has 1 aliphatic heterocycles. The topological polar surface area (TPSA) is 49.6 Å². The fourth-order valence-corrected chi connectivity index (χ4v) is 7.63. The van der Waals surface area contributed by atoms with Gasteiger partial charge < -0.3 is 5.32 Å². The summed E-state index contributed by atoms with van der Waals surface area (Å²) in [5.74, 6) is 1.59. The highest BCUT2D eigenvalue weighted by atomic mass is 15.2. The first-order valence-electron chi connectivity index (χ1n) is 17.6. The van der Waals surface area contributed by atoms with Gasteiger partial charge in [0.25, 0.3) is 0 Å². The van der Waals surface area contributed by atoms with Gasteiger partial charge in [-0.2, -0.15) is 0 Å². The van der Waals surface area contributed by atoms with Gasteiger partial charge in [-0.1, -0.05) is 152 Å². The van der Waals surface area contributed by atoms with Crippen molar-refractivity contribution < 1.29 is 0 Å². The van der Waals surface area contributed by atoms with Crippen LogP contribution in [0.4, 0.5) is 0 Å². The minimum Gasteiger partial charge on any atom is -0.324 e. The van der Waals surface area contributed by atoms with E-state index in [1.807, 2.05) is 30.6 Å². The van der Waals surface area contributed by atoms with Gasteiger partial charge in [-0.25, -0.2) is 9.98 Å². The van der Waals surface area contributed by atoms with Crippen LogP contribution in [-0.4, -0.2) is 16.7 Å². The van der Waals surface area contributed by atoms with Crippen molar-refractivity contribution in [3.05, 3.63) is 199 Å². The van der Waals surface area contributed by atoms with Gasteiger partial charge in [0.05, 0.1) is 0 Å². The van der Waals surface area contributed by atoms with E-state index in [9.17, 15) is 0 Å². The van der Waals surface area contributed by atoms with Crippen molar-refractivity contribution in [2.45, 2.75) is 6.17 Å². The van der Waals surface area contributed by atoms with Gasteiger partial charge in [0.2, 0.25) is 0 Å². The molecule has 10 rings (SSSR count). The summed E-state index contributed by atoms with van der Waals surface area (Å²) in [6.45, 7) is 0. The van der Waals surface area contributed by atoms with E-state index >= 15 is 0 Å². The molecule has 0 aliphatic carbocycles. The van der Waals surface area contributed by atoms with Crippen LogP contribution in [0.5, 0.6) is 0 Å². The number of benzene rings is 8. The van der Waals surface area contributed by atoms with Crippen LogP contribution in [0, 0.1) is 0 Å². The second-order valence-corrected chi connectivity index (χ2v) is 13.3. The second-order valence-electron chi connectivity index (χ2n) is 13.3. The minimum absolute atomic E-state index is 0.407. The Morgan fingerprint density at radius 3 is 1.90 bits per heavy atom. The van der Waals surface area contributed by atoms with Crippen molar-refractivity contribution in [1.29, 1.82) is 0 Å². The van der Waals surface area contributed by atoms with E-state index in [-0.39, 0.29) is 0 Å². The van der Waals surface area contributed by atoms with Gasteiger partial charge in [0.1, 0.15) is 11.7 Å². The molecule has 0 amide bonds. The Morgan fingerprint density at radius 1 is 0.385 bits per heavy atom. The third kappa shape index (κ3) is 5.21. The van der Waals surface area contributed by atoms with Crippen molar-refractivity contribution in [2.24, 2.45) is 9.98 Å². The standard InChI is InChI=1S/C48H32N4/c1-2-12-34(13-3-1)46-50-47(35-22-20-33(21-23-35)39-19-9-14-31-10-4-6-17-38(31)39)52-48(51-46)37-16-8-15-36(28-37)43-29-44-40-18-7-5-11-32(40)24-25-41(44)45-30-49-27-26-42(43)45/h1-30,47H,(H,50,51,52). The molecular weight excluding hydrogens is 633 g/mol. The Balaban J connectivity index is 1.08. The largest absolute Gasteiger partial charge is 0.324 e. The van der Waals surface area contributed by atoms with Crippen molar-refractivity contribution in [3.8, 4) is 22.3 Å². The van der Waals surface area contributed by atoms with Crippen LogP contribution < -0.4 is 5.32 Å². The molecule has 0 saturated carbocycles. The summed E-state index contributed by atoms with van der Waals surface area (Å²) in [6.07, 6.45) is 3.47. The van der Waals surface area contributed by atoms with E-state index in [0.717, 1.165) is 44.9 Å². The molecule has 0 fully saturated rings. The molecule has 1 N–H and O–H groups in total. The molecule has 0 saturated heterocycles. The molecule has 1 unspecified atom stereocenters. The Morgan fingerprint density at radius 2 is 1.06 bits per heavy atom. The van der Waals surface area contributed by atoms with Crippen LogP contribution in [0.1, 0.15) is 22.9 Å². The quantitative estimate of drug-likeness (QED) is 0.186. The number of nitrogens with one attached hydrogen (secondary N) is 1. The van der Waals surface area contributed by atoms with E-state index in [0.29, 0.717) is 0 Å². The molecule has 1 atom stereocenters. The summed E-state index contributed by atoms with van der Waals surface area (Å²) >= 11 is 0. The first-order chi connectivity index (χ1) is 25.8. The van der Waals surface area contributed by atoms with E-state index < -0.39 is 6.17 Å². The number of nitrogens with zero attached hydrogens (tertiary/aromatic N) is 3. The molecule has 0 bridgehead atoms. The molecule has 0 radical (unpaired) electrons. The van der Waals surface area contributed by atoms with Crippen molar-refractivity contribution in [3.63, 3.8) is 0 Å². The zero-order chi connectivity index (χ0) is 34.4. The summed E-state index contributed by atoms with van der Waals surface area (Å²) in [6, 6.07) is 60.2. The minimum atomic E-state index is -0.407. The molecule has 1 aromatic heterocycles. The Bertz CT molecular complexity index is 2870. The third-order valence-electron chi connectivity index (χ3n) is 10.2. The van der Waals surface area contributed by atoms with E-state index in [1.54, 1.807) is 0 Å². The molecule has 2 heterocycles. The summed E-state index contributed by atoms with van der Waals surface area (Å²) in [4.78, 5) is 14.9. The first-order valence-corrected chi connectivity index (χ1v) is 17.6. The Hall–Kier alpha value is -6.91. The Kier molecular flexibility index (Phi) is 7.17. The highest BCUT2D eigenvalue weighted by molar-refractivity contribution is 6.21. The lowest BCUT2D eigenvalue weighted by molar-refractivity contribution is 0.756. The predicted octanol–water partition coefficient (Wildman–Crippen LogP) is 11.5. The van der Waals surface area contributed by atoms with Crippen LogP contribution in [0.25, 0.3) is 65.3 Å². The van der Waals surface area contributed by atoms with Crippen molar-refractivity contribution >= 4 is 54.8 Å². The molecule has 9 aromatic rings. The SMILES string of the molecule is c1ccc(C2=NC(c3ccc(-c4cccc5ccccc45)cc3)N=C(c3cccc(-c4cc5c6ccccc6ccc5c5cnccc45)c3)N2)cc1. The zero-order valence-electron chi connectivity index (χ0n) is 28.2. The lowest BCUT2D eigenvalue weighted by Gasteiger charge is -2.23. The highest BCUT2D eigenvalue weighted by Gasteiger charge is 2.22. The maximum atomic E-state index is 5.25. The number of aromatic nitrogens is 1. The number of aliphatic imine (C=N–C) groups is 2. The molecular formula is C48H32N4. The summed E-state index contributed by atoms with van der Waals surface area (Å²) in [5.41, 5.74) is 7.72. The lowest BCUT2D eigenvalue weighted by atomic mass is 9.91. The molecule has 244 valence electrons. The number of amidine groups is 2. The fourth-order valence-electron chi connectivity index (χ4n) is 7.63. The monoisotopic (exact) mass is 664 g/mol. The van der Waals surface area contributed by atoms with E-state index in [2.05, 4.69) is 162 Å². The van der Waals surface area contributed by atoms with E-state index in [1.165, 1.54) is 48.8 Å². The van der Waals surface area contributed by atoms with Crippen LogP contribution in [0.2, 0.25) is 0 Å². The summed E-state index contributed by atoms with van der Waals surface area (Å²) in [5, 5.41) is 13.3. The first kappa shape index (κ1) is 30.0. The van der Waals surface area contributed by atoms with Gasteiger partial charge >= 0.3 is 0 Å². The van der Waals surface area contributed by atoms with Crippen molar-refractivity contribution in [1.82, 2.24) is 10.3 Å². The zero-order valence-corrected chi connectivity index (χ0v) is 28.2. The van der Waals surface area contributed by atoms with Gasteiger partial charge in [0.15, 0.2) is 6.17 Å². The van der Waals surface area contributed by atoms with Gasteiger partial charge in [-0.15, -0.1) is 0 Å². The normalized spacial score (nSPS) is 14.3. The second kappa shape index (κ2) is 12.4. The van der Waals surface area contributed by atoms with Crippen LogP contribution >= 0.6 is 0 Å². The van der Waals surface area contributed by atoms with Crippen LogP contribution in [0.3, 0.4) is 0 Å². The summed E-state index contributed by atoms with van der Waals surface area (Å²) < 4.78 is 0. The van der Waals surface area contributed by atoms with Crippen molar-refractivity contribution in [2.75, 3.05) is 0 Å². The molecule has 1 aliphatic rings. The highest BCUT2D eigenvalue weighted by Crippen LogP contribution is 2.38. The van der Waals surface area contributed by atoms with E-state index in [4.69, 9.17) is 9.98 Å². The average molecular weight is 665 g/mol. The number of hydrogen-bond acceptors (Lipinski definition) is 4. The maximum Gasteiger partial charge on any atom is 0.169 e.